The van der Waals surface area contributed by atoms with Gasteiger partial charge >= 0.3 is 0 Å². The minimum atomic E-state index is 0.790. The Morgan fingerprint density at radius 2 is 2.15 bits per heavy atom. The summed E-state index contributed by atoms with van der Waals surface area (Å²) < 4.78 is 5.39. The van der Waals surface area contributed by atoms with Crippen LogP contribution in [0.2, 0.25) is 0 Å². The number of nitrogens with zero attached hydrogens (tertiary/aromatic N) is 3. The van der Waals surface area contributed by atoms with Crippen LogP contribution < -0.4 is 5.32 Å². The van der Waals surface area contributed by atoms with Gasteiger partial charge in [-0.3, -0.25) is 0 Å². The minimum absolute atomic E-state index is 0.790. The predicted octanol–water partition coefficient (Wildman–Crippen LogP) is 4.05. The van der Waals surface area contributed by atoms with Gasteiger partial charge in [-0.2, -0.15) is 0 Å². The van der Waals surface area contributed by atoms with Crippen LogP contribution in [0.15, 0.2) is 22.8 Å². The highest BCUT2D eigenvalue weighted by Gasteiger charge is 2.16. The Bertz CT molecular complexity index is 687. The number of anilines is 1. The first kappa shape index (κ1) is 13.3. The lowest BCUT2D eigenvalue weighted by Crippen LogP contribution is -1.98. The van der Waals surface area contributed by atoms with E-state index in [-0.39, 0.29) is 0 Å². The van der Waals surface area contributed by atoms with Crippen molar-refractivity contribution in [3.05, 3.63) is 24.1 Å². The fourth-order valence-electron chi connectivity index (χ4n) is 1.72. The van der Waals surface area contributed by atoms with Gasteiger partial charge in [0.1, 0.15) is 0 Å². The van der Waals surface area contributed by atoms with E-state index in [9.17, 15) is 0 Å². The highest BCUT2D eigenvalue weighted by atomic mass is 32.1. The van der Waals surface area contributed by atoms with Crippen LogP contribution in [0.4, 0.5) is 5.13 Å². The van der Waals surface area contributed by atoms with Gasteiger partial charge in [0, 0.05) is 6.54 Å². The van der Waals surface area contributed by atoms with Crippen molar-refractivity contribution in [1.82, 2.24) is 15.2 Å². The van der Waals surface area contributed by atoms with Crippen LogP contribution in [0.3, 0.4) is 0 Å². The van der Waals surface area contributed by atoms with Gasteiger partial charge in [0.25, 0.3) is 0 Å². The van der Waals surface area contributed by atoms with Crippen LogP contribution in [-0.4, -0.2) is 21.7 Å². The first-order chi connectivity index (χ1) is 9.78. The lowest BCUT2D eigenvalue weighted by atomic mass is 10.4. The largest absolute Gasteiger partial charge is 0.462 e. The number of furan rings is 1. The van der Waals surface area contributed by atoms with E-state index in [1.165, 1.54) is 0 Å². The molecule has 0 aliphatic heterocycles. The van der Waals surface area contributed by atoms with Gasteiger partial charge in [-0.05, 0) is 25.5 Å². The van der Waals surface area contributed by atoms with E-state index in [0.717, 1.165) is 44.4 Å². The SMILES string of the molecule is CCCNc1nnc(-c2sc(-c3ccco3)nc2C)s1. The number of nitrogens with one attached hydrogen (secondary N) is 1. The highest BCUT2D eigenvalue weighted by Crippen LogP contribution is 2.37. The van der Waals surface area contributed by atoms with Crippen LogP contribution in [0.5, 0.6) is 0 Å². The Morgan fingerprint density at radius 3 is 2.90 bits per heavy atom. The Hall–Kier alpha value is -1.73. The van der Waals surface area contributed by atoms with Gasteiger partial charge in [-0.25, -0.2) is 4.98 Å². The van der Waals surface area contributed by atoms with Crippen LogP contribution in [0.25, 0.3) is 20.7 Å². The topological polar surface area (TPSA) is 63.8 Å². The number of aryl methyl sites for hydroxylation is 1. The molecule has 0 spiro atoms. The molecular weight excluding hydrogens is 292 g/mol. The van der Waals surface area contributed by atoms with E-state index in [0.29, 0.717) is 0 Å². The summed E-state index contributed by atoms with van der Waals surface area (Å²) in [6.45, 7) is 5.02. The summed E-state index contributed by atoms with van der Waals surface area (Å²) in [5, 5.41) is 14.3. The molecule has 3 heterocycles. The molecule has 3 aromatic rings. The van der Waals surface area contributed by atoms with Crippen molar-refractivity contribution in [3.8, 4) is 20.7 Å². The number of aromatic nitrogens is 3. The Morgan fingerprint density at radius 1 is 1.25 bits per heavy atom. The van der Waals surface area contributed by atoms with Gasteiger partial charge in [0.15, 0.2) is 15.8 Å². The average Bonchev–Trinajstić information content (AvgIpc) is 3.16. The van der Waals surface area contributed by atoms with Gasteiger partial charge < -0.3 is 9.73 Å². The Kier molecular flexibility index (Phi) is 3.79. The standard InChI is InChI=1S/C13H14N4OS2/c1-3-6-14-13-17-16-12(20-13)10-8(2)15-11(19-10)9-5-4-7-18-9/h4-5,7H,3,6H2,1-2H3,(H,14,17). The number of hydrogen-bond acceptors (Lipinski definition) is 7. The van der Waals surface area contributed by atoms with Crippen LogP contribution in [-0.2, 0) is 0 Å². The molecule has 0 radical (unpaired) electrons. The normalized spacial score (nSPS) is 10.9. The van der Waals surface area contributed by atoms with Crippen LogP contribution in [0.1, 0.15) is 19.0 Å². The fraction of sp³-hybridized carbons (Fsp3) is 0.308. The van der Waals surface area contributed by atoms with Gasteiger partial charge in [0.05, 0.1) is 16.8 Å². The van der Waals surface area contributed by atoms with Crippen molar-refractivity contribution in [2.24, 2.45) is 0 Å². The molecule has 0 aliphatic carbocycles. The fourth-order valence-corrected chi connectivity index (χ4v) is 3.64. The van der Waals surface area contributed by atoms with Crippen molar-refractivity contribution in [1.29, 1.82) is 0 Å². The smallest absolute Gasteiger partial charge is 0.206 e. The summed E-state index contributed by atoms with van der Waals surface area (Å²) in [5.74, 6) is 0.790. The van der Waals surface area contributed by atoms with Crippen molar-refractivity contribution >= 4 is 27.8 Å². The second-order valence-electron chi connectivity index (χ2n) is 4.25. The molecule has 1 N–H and O–H groups in total. The summed E-state index contributed by atoms with van der Waals surface area (Å²) in [5.41, 5.74) is 0.958. The van der Waals surface area contributed by atoms with Gasteiger partial charge in [-0.15, -0.1) is 21.5 Å². The molecule has 0 aromatic carbocycles. The Balaban J connectivity index is 1.88. The first-order valence-electron chi connectivity index (χ1n) is 6.37. The zero-order valence-electron chi connectivity index (χ0n) is 11.2. The molecule has 104 valence electrons. The van der Waals surface area contributed by atoms with Gasteiger partial charge in [0.2, 0.25) is 5.13 Å². The summed E-state index contributed by atoms with van der Waals surface area (Å²) >= 11 is 3.14. The second-order valence-corrected chi connectivity index (χ2v) is 6.23. The molecule has 0 saturated carbocycles. The van der Waals surface area contributed by atoms with Crippen molar-refractivity contribution in [3.63, 3.8) is 0 Å². The molecule has 7 heteroatoms. The molecule has 20 heavy (non-hydrogen) atoms. The van der Waals surface area contributed by atoms with E-state index in [1.54, 1.807) is 28.9 Å². The van der Waals surface area contributed by atoms with Crippen LogP contribution >= 0.6 is 22.7 Å². The minimum Gasteiger partial charge on any atom is -0.462 e. The number of thiazole rings is 1. The molecule has 0 bridgehead atoms. The first-order valence-corrected chi connectivity index (χ1v) is 8.00. The third kappa shape index (κ3) is 2.59. The van der Waals surface area contributed by atoms with E-state index in [4.69, 9.17) is 4.42 Å². The maximum Gasteiger partial charge on any atom is 0.206 e. The van der Waals surface area contributed by atoms with E-state index in [1.807, 2.05) is 19.1 Å². The maximum absolute atomic E-state index is 5.39. The molecule has 5 nitrogen and oxygen atoms in total. The zero-order chi connectivity index (χ0) is 13.9. The quantitative estimate of drug-likeness (QED) is 0.770. The molecule has 0 unspecified atom stereocenters. The van der Waals surface area contributed by atoms with E-state index < -0.39 is 0 Å². The van der Waals surface area contributed by atoms with Crippen molar-refractivity contribution in [2.75, 3.05) is 11.9 Å². The summed E-state index contributed by atoms with van der Waals surface area (Å²) in [4.78, 5) is 5.60. The highest BCUT2D eigenvalue weighted by molar-refractivity contribution is 7.24. The van der Waals surface area contributed by atoms with Crippen LogP contribution in [0, 0.1) is 6.92 Å². The maximum atomic E-state index is 5.39. The summed E-state index contributed by atoms with van der Waals surface area (Å²) in [6, 6.07) is 3.78. The summed E-state index contributed by atoms with van der Waals surface area (Å²) in [6.07, 6.45) is 2.72. The molecular formula is C13H14N4OS2. The van der Waals surface area contributed by atoms with E-state index >= 15 is 0 Å². The molecule has 0 fully saturated rings. The third-order valence-corrected chi connectivity index (χ3v) is 4.88. The molecule has 0 amide bonds. The average molecular weight is 306 g/mol. The molecule has 0 aliphatic rings. The lowest BCUT2D eigenvalue weighted by molar-refractivity contribution is 0.581. The van der Waals surface area contributed by atoms with E-state index in [2.05, 4.69) is 27.4 Å². The predicted molar refractivity (Wildman–Crippen MR) is 82.2 cm³/mol. The third-order valence-electron chi connectivity index (χ3n) is 2.67. The Labute approximate surface area is 124 Å². The van der Waals surface area contributed by atoms with Crippen molar-refractivity contribution in [2.45, 2.75) is 20.3 Å². The van der Waals surface area contributed by atoms with Gasteiger partial charge in [-0.1, -0.05) is 18.3 Å². The zero-order valence-corrected chi connectivity index (χ0v) is 12.8. The second kappa shape index (κ2) is 5.72. The molecule has 0 saturated heterocycles. The molecule has 3 aromatic heterocycles. The number of hydrogen-bond donors (Lipinski definition) is 1. The molecule has 0 atom stereocenters. The molecule has 3 rings (SSSR count). The summed E-state index contributed by atoms with van der Waals surface area (Å²) in [7, 11) is 0. The lowest BCUT2D eigenvalue weighted by Gasteiger charge is -1.95. The van der Waals surface area contributed by atoms with Crippen molar-refractivity contribution < 1.29 is 4.42 Å². The monoisotopic (exact) mass is 306 g/mol. The number of rotatable bonds is 5.